The third-order valence-corrected chi connectivity index (χ3v) is 6.90. The van der Waals surface area contributed by atoms with Crippen LogP contribution in [-0.4, -0.2) is 26.5 Å². The largest absolute Gasteiger partial charge is 0.477 e. The minimum absolute atomic E-state index is 0.0295. The quantitative estimate of drug-likeness (QED) is 0.869. The molecule has 1 heterocycles. The fraction of sp³-hybridized carbons (Fsp3) is 0.154. The van der Waals surface area contributed by atoms with Crippen molar-refractivity contribution in [1.82, 2.24) is 0 Å². The molecule has 0 amide bonds. The molecule has 21 heavy (non-hydrogen) atoms. The molecular formula is C13H12BrNO4S2. The third-order valence-electron chi connectivity index (χ3n) is 2.87. The Morgan fingerprint density at radius 2 is 2.00 bits per heavy atom. The fourth-order valence-corrected chi connectivity index (χ4v) is 5.28. The SMILES string of the molecule is Cc1cccc(N(C)S(=O)(=O)c2cc(C(=O)O)sc2Br)c1. The van der Waals surface area contributed by atoms with Gasteiger partial charge >= 0.3 is 5.97 Å². The van der Waals surface area contributed by atoms with Crippen molar-refractivity contribution in [2.75, 3.05) is 11.4 Å². The lowest BCUT2D eigenvalue weighted by molar-refractivity contribution is 0.0702. The van der Waals surface area contributed by atoms with Crippen LogP contribution in [0.4, 0.5) is 5.69 Å². The van der Waals surface area contributed by atoms with Crippen LogP contribution in [0.25, 0.3) is 0 Å². The van der Waals surface area contributed by atoms with Gasteiger partial charge in [0.05, 0.1) is 9.47 Å². The zero-order valence-electron chi connectivity index (χ0n) is 11.2. The highest BCUT2D eigenvalue weighted by molar-refractivity contribution is 9.11. The van der Waals surface area contributed by atoms with E-state index < -0.39 is 16.0 Å². The number of aromatic carboxylic acids is 1. The van der Waals surface area contributed by atoms with Gasteiger partial charge in [-0.15, -0.1) is 11.3 Å². The Morgan fingerprint density at radius 3 is 2.52 bits per heavy atom. The first kappa shape index (κ1) is 16.0. The Bertz CT molecular complexity index is 798. The van der Waals surface area contributed by atoms with Crippen molar-refractivity contribution in [2.24, 2.45) is 0 Å². The molecule has 0 radical (unpaired) electrons. The number of thiophene rings is 1. The summed E-state index contributed by atoms with van der Waals surface area (Å²) in [7, 11) is -2.38. The van der Waals surface area contributed by atoms with Gasteiger partial charge < -0.3 is 5.11 Å². The Kier molecular flexibility index (Phi) is 4.40. The van der Waals surface area contributed by atoms with Gasteiger partial charge in [0.25, 0.3) is 10.0 Å². The molecule has 2 aromatic rings. The van der Waals surface area contributed by atoms with Gasteiger partial charge in [0.15, 0.2) is 0 Å². The maximum absolute atomic E-state index is 12.6. The molecule has 1 aromatic heterocycles. The van der Waals surface area contributed by atoms with Crippen molar-refractivity contribution in [3.63, 3.8) is 0 Å². The maximum Gasteiger partial charge on any atom is 0.345 e. The lowest BCUT2D eigenvalue weighted by Crippen LogP contribution is -2.26. The number of sulfonamides is 1. The summed E-state index contributed by atoms with van der Waals surface area (Å²) in [4.78, 5) is 10.9. The van der Waals surface area contributed by atoms with Crippen LogP contribution in [0.1, 0.15) is 15.2 Å². The van der Waals surface area contributed by atoms with E-state index in [2.05, 4.69) is 15.9 Å². The van der Waals surface area contributed by atoms with Gasteiger partial charge in [0.1, 0.15) is 9.77 Å². The van der Waals surface area contributed by atoms with Crippen LogP contribution in [0.5, 0.6) is 0 Å². The number of hydrogen-bond donors (Lipinski definition) is 1. The minimum atomic E-state index is -3.82. The van der Waals surface area contributed by atoms with E-state index in [1.165, 1.54) is 13.1 Å². The molecule has 8 heteroatoms. The number of nitrogens with zero attached hydrogens (tertiary/aromatic N) is 1. The van der Waals surface area contributed by atoms with E-state index in [4.69, 9.17) is 5.11 Å². The molecule has 0 bridgehead atoms. The van der Waals surface area contributed by atoms with Crippen molar-refractivity contribution in [1.29, 1.82) is 0 Å². The van der Waals surface area contributed by atoms with Crippen LogP contribution in [-0.2, 0) is 10.0 Å². The summed E-state index contributed by atoms with van der Waals surface area (Å²) < 4.78 is 26.6. The van der Waals surface area contributed by atoms with E-state index in [0.717, 1.165) is 21.2 Å². The third kappa shape index (κ3) is 3.12. The van der Waals surface area contributed by atoms with E-state index >= 15 is 0 Å². The van der Waals surface area contributed by atoms with E-state index in [9.17, 15) is 13.2 Å². The van der Waals surface area contributed by atoms with Crippen LogP contribution >= 0.6 is 27.3 Å². The van der Waals surface area contributed by atoms with E-state index in [1.807, 2.05) is 13.0 Å². The molecule has 0 spiro atoms. The van der Waals surface area contributed by atoms with Gasteiger partial charge in [0.2, 0.25) is 0 Å². The van der Waals surface area contributed by atoms with Crippen molar-refractivity contribution < 1.29 is 18.3 Å². The zero-order valence-corrected chi connectivity index (χ0v) is 14.4. The molecule has 0 atom stereocenters. The van der Waals surface area contributed by atoms with Crippen LogP contribution in [0, 0.1) is 6.92 Å². The molecule has 2 rings (SSSR count). The number of rotatable bonds is 4. The number of benzene rings is 1. The smallest absolute Gasteiger partial charge is 0.345 e. The van der Waals surface area contributed by atoms with Gasteiger partial charge in [0, 0.05) is 7.05 Å². The van der Waals surface area contributed by atoms with Gasteiger partial charge in [-0.3, -0.25) is 4.31 Å². The molecule has 0 aliphatic carbocycles. The number of halogens is 1. The molecule has 0 aliphatic rings. The van der Waals surface area contributed by atoms with Gasteiger partial charge in [-0.2, -0.15) is 0 Å². The maximum atomic E-state index is 12.6. The molecule has 0 unspecified atom stereocenters. The summed E-state index contributed by atoms with van der Waals surface area (Å²) in [5, 5.41) is 8.96. The normalized spacial score (nSPS) is 11.4. The average molecular weight is 390 g/mol. The minimum Gasteiger partial charge on any atom is -0.477 e. The Labute approximate surface area is 135 Å². The van der Waals surface area contributed by atoms with Crippen LogP contribution < -0.4 is 4.31 Å². The zero-order chi connectivity index (χ0) is 15.8. The molecule has 112 valence electrons. The first-order valence-corrected chi connectivity index (χ1v) is 8.86. The van der Waals surface area contributed by atoms with Gasteiger partial charge in [-0.1, -0.05) is 12.1 Å². The standard InChI is InChI=1S/C13H12BrNO4S2/c1-8-4-3-5-9(6-8)15(2)21(18,19)11-7-10(13(16)17)20-12(11)14/h3-7H,1-2H3,(H,16,17). The number of aryl methyl sites for hydroxylation is 1. The molecule has 5 nitrogen and oxygen atoms in total. The molecule has 0 saturated heterocycles. The predicted octanol–water partition coefficient (Wildman–Crippen LogP) is 3.34. The summed E-state index contributed by atoms with van der Waals surface area (Å²) in [6.45, 7) is 1.87. The summed E-state index contributed by atoms with van der Waals surface area (Å²) in [5.74, 6) is -1.15. The van der Waals surface area contributed by atoms with E-state index in [0.29, 0.717) is 5.69 Å². The van der Waals surface area contributed by atoms with Crippen LogP contribution in [0.15, 0.2) is 39.0 Å². The predicted molar refractivity (Wildman–Crippen MR) is 85.7 cm³/mol. The monoisotopic (exact) mass is 389 g/mol. The lowest BCUT2D eigenvalue weighted by Gasteiger charge is -2.19. The number of carboxylic acid groups (broad SMARTS) is 1. The number of anilines is 1. The Morgan fingerprint density at radius 1 is 1.33 bits per heavy atom. The van der Waals surface area contributed by atoms with Crippen molar-refractivity contribution in [2.45, 2.75) is 11.8 Å². The average Bonchev–Trinajstić information content (AvgIpc) is 2.81. The molecule has 1 aromatic carbocycles. The summed E-state index contributed by atoms with van der Waals surface area (Å²) in [6.07, 6.45) is 0. The van der Waals surface area contributed by atoms with Crippen LogP contribution in [0.2, 0.25) is 0 Å². The van der Waals surface area contributed by atoms with E-state index in [-0.39, 0.29) is 13.6 Å². The second-order valence-corrected chi connectivity index (χ2v) is 8.67. The molecule has 1 N–H and O–H groups in total. The van der Waals surface area contributed by atoms with Crippen LogP contribution in [0.3, 0.4) is 0 Å². The highest BCUT2D eigenvalue weighted by Gasteiger charge is 2.27. The van der Waals surface area contributed by atoms with E-state index in [1.54, 1.807) is 18.2 Å². The number of carbonyl (C=O) groups is 1. The highest BCUT2D eigenvalue weighted by Crippen LogP contribution is 2.34. The van der Waals surface area contributed by atoms with Crippen molar-refractivity contribution in [3.8, 4) is 0 Å². The first-order valence-electron chi connectivity index (χ1n) is 5.81. The summed E-state index contributed by atoms with van der Waals surface area (Å²) >= 11 is 4.00. The fourth-order valence-electron chi connectivity index (χ4n) is 1.74. The topological polar surface area (TPSA) is 74.7 Å². The van der Waals surface area contributed by atoms with Crippen molar-refractivity contribution >= 4 is 48.9 Å². The summed E-state index contributed by atoms with van der Waals surface area (Å²) in [6, 6.07) is 8.23. The van der Waals surface area contributed by atoms with Gasteiger partial charge in [-0.25, -0.2) is 13.2 Å². The Balaban J connectivity index is 2.49. The molecule has 0 aliphatic heterocycles. The molecule has 0 fully saturated rings. The summed E-state index contributed by atoms with van der Waals surface area (Å²) in [5.41, 5.74) is 1.45. The first-order chi connectivity index (χ1) is 9.73. The lowest BCUT2D eigenvalue weighted by atomic mass is 10.2. The Hall–Kier alpha value is -1.38. The number of carboxylic acids is 1. The van der Waals surface area contributed by atoms with Gasteiger partial charge in [-0.05, 0) is 46.6 Å². The molecule has 0 saturated carbocycles. The molecular weight excluding hydrogens is 378 g/mol. The second kappa shape index (κ2) is 5.78. The van der Waals surface area contributed by atoms with Crippen molar-refractivity contribution in [3.05, 3.63) is 44.6 Å². The second-order valence-electron chi connectivity index (χ2n) is 4.37. The number of hydrogen-bond acceptors (Lipinski definition) is 4. The highest BCUT2D eigenvalue weighted by atomic mass is 79.9.